The first-order valence-electron chi connectivity index (χ1n) is 6.33. The third-order valence-electron chi connectivity index (χ3n) is 2.45. The van der Waals surface area contributed by atoms with Crippen molar-refractivity contribution in [1.29, 1.82) is 0 Å². The van der Waals surface area contributed by atoms with Gasteiger partial charge in [0, 0.05) is 8.07 Å². The first kappa shape index (κ1) is 20.4. The zero-order valence-corrected chi connectivity index (χ0v) is 14.5. The Morgan fingerprint density at radius 3 is 2.00 bits per heavy atom. The van der Waals surface area contributed by atoms with E-state index in [0.717, 1.165) is 0 Å². The van der Waals surface area contributed by atoms with Gasteiger partial charge in [0.25, 0.3) is 0 Å². The van der Waals surface area contributed by atoms with Crippen molar-refractivity contribution in [1.82, 2.24) is 0 Å². The highest BCUT2D eigenvalue weighted by Gasteiger charge is 2.50. The molecule has 0 aliphatic rings. The van der Waals surface area contributed by atoms with Gasteiger partial charge in [0.15, 0.2) is 6.10 Å². The molecule has 126 valence electrons. The monoisotopic (exact) mass is 350 g/mol. The Hall–Kier alpha value is -0.613. The van der Waals surface area contributed by atoms with Crippen LogP contribution in [0, 0.1) is 5.92 Å². The summed E-state index contributed by atoms with van der Waals surface area (Å²) in [6, 6.07) is 0.621. The van der Waals surface area contributed by atoms with Crippen molar-refractivity contribution in [2.75, 3.05) is 6.61 Å². The van der Waals surface area contributed by atoms with Crippen LogP contribution in [0.4, 0.5) is 13.2 Å². The molecule has 0 saturated carbocycles. The Bertz CT molecular complexity index is 453. The Kier molecular flexibility index (Phi) is 6.89. The Labute approximate surface area is 123 Å². The first-order valence-corrected chi connectivity index (χ1v) is 11.4. The van der Waals surface area contributed by atoms with Crippen molar-refractivity contribution in [2.24, 2.45) is 5.92 Å². The van der Waals surface area contributed by atoms with Gasteiger partial charge >= 0.3 is 21.6 Å². The van der Waals surface area contributed by atoms with E-state index < -0.39 is 41.7 Å². The Morgan fingerprint density at radius 1 is 1.19 bits per heavy atom. The second-order valence-electron chi connectivity index (χ2n) is 6.14. The van der Waals surface area contributed by atoms with E-state index >= 15 is 0 Å². The van der Waals surface area contributed by atoms with Gasteiger partial charge in [0.05, 0.1) is 6.61 Å². The lowest BCUT2D eigenvalue weighted by molar-refractivity contribution is -0.154. The first-order chi connectivity index (χ1) is 9.17. The average molecular weight is 350 g/mol. The number of hydrogen-bond acceptors (Lipinski definition) is 5. The van der Waals surface area contributed by atoms with Crippen LogP contribution in [0.3, 0.4) is 0 Å². The number of alkyl halides is 3. The van der Waals surface area contributed by atoms with Crippen molar-refractivity contribution >= 4 is 24.2 Å². The standard InChI is InChI=1S/C11H21F3O5SSi/c1-8(2)9(19-20(16,17)11(12,13)14)10(15)18-6-7-21(3,4)5/h8-9H,6-7H2,1-5H3/t9-/m1/s1. The van der Waals surface area contributed by atoms with Gasteiger partial charge in [-0.1, -0.05) is 33.5 Å². The molecule has 0 fully saturated rings. The molecule has 0 rings (SSSR count). The fourth-order valence-electron chi connectivity index (χ4n) is 1.15. The van der Waals surface area contributed by atoms with E-state index in [-0.39, 0.29) is 6.61 Å². The van der Waals surface area contributed by atoms with Gasteiger partial charge in [-0.15, -0.1) is 0 Å². The molecule has 0 N–H and O–H groups in total. The molecule has 10 heteroatoms. The van der Waals surface area contributed by atoms with Crippen molar-refractivity contribution in [3.8, 4) is 0 Å². The molecule has 0 aromatic carbocycles. The van der Waals surface area contributed by atoms with Crippen LogP contribution in [0.2, 0.25) is 25.7 Å². The summed E-state index contributed by atoms with van der Waals surface area (Å²) in [7, 11) is -7.31. The molecule has 0 saturated heterocycles. The lowest BCUT2D eigenvalue weighted by Gasteiger charge is -2.21. The maximum absolute atomic E-state index is 12.3. The quantitative estimate of drug-likeness (QED) is 0.306. The maximum atomic E-state index is 12.3. The molecule has 0 aromatic heterocycles. The fraction of sp³-hybridized carbons (Fsp3) is 0.909. The molecule has 1 atom stereocenters. The van der Waals surface area contributed by atoms with Crippen LogP contribution in [0.15, 0.2) is 0 Å². The molecular formula is C11H21F3O5SSi. The predicted molar refractivity (Wildman–Crippen MR) is 73.8 cm³/mol. The smallest absolute Gasteiger partial charge is 0.464 e. The number of hydrogen-bond donors (Lipinski definition) is 0. The molecular weight excluding hydrogens is 329 g/mol. The minimum absolute atomic E-state index is 0.0349. The summed E-state index contributed by atoms with van der Waals surface area (Å²) < 4.78 is 67.6. The van der Waals surface area contributed by atoms with Gasteiger partial charge in [0.1, 0.15) is 0 Å². The molecule has 0 aromatic rings. The highest BCUT2D eigenvalue weighted by molar-refractivity contribution is 7.87. The molecule has 0 bridgehead atoms. The summed E-state index contributed by atoms with van der Waals surface area (Å²) in [6.45, 7) is 8.88. The number of rotatable bonds is 7. The number of esters is 1. The zero-order chi connectivity index (χ0) is 17.1. The molecule has 0 unspecified atom stereocenters. The maximum Gasteiger partial charge on any atom is 0.523 e. The van der Waals surface area contributed by atoms with Crippen LogP contribution in [-0.4, -0.2) is 40.7 Å². The van der Waals surface area contributed by atoms with Crippen molar-refractivity contribution in [3.05, 3.63) is 0 Å². The third kappa shape index (κ3) is 7.27. The lowest BCUT2D eigenvalue weighted by atomic mass is 10.1. The van der Waals surface area contributed by atoms with E-state index in [2.05, 4.69) is 4.18 Å². The molecule has 0 radical (unpaired) electrons. The number of ether oxygens (including phenoxy) is 1. The molecule has 0 aliphatic heterocycles. The lowest BCUT2D eigenvalue weighted by Crippen LogP contribution is -2.38. The summed E-state index contributed by atoms with van der Waals surface area (Å²) in [5.74, 6) is -1.88. The van der Waals surface area contributed by atoms with Gasteiger partial charge in [-0.2, -0.15) is 21.6 Å². The topological polar surface area (TPSA) is 69.7 Å². The summed E-state index contributed by atoms with van der Waals surface area (Å²) in [5.41, 5.74) is -5.57. The minimum atomic E-state index is -5.83. The fourth-order valence-corrected chi connectivity index (χ4v) is 2.55. The van der Waals surface area contributed by atoms with Crippen LogP contribution in [0.5, 0.6) is 0 Å². The molecule has 0 aliphatic carbocycles. The van der Waals surface area contributed by atoms with E-state index in [4.69, 9.17) is 4.74 Å². The van der Waals surface area contributed by atoms with E-state index in [0.29, 0.717) is 6.04 Å². The van der Waals surface area contributed by atoms with Crippen LogP contribution in [0.1, 0.15) is 13.8 Å². The summed E-state index contributed by atoms with van der Waals surface area (Å²) in [6.07, 6.45) is -1.81. The van der Waals surface area contributed by atoms with Gasteiger partial charge in [0.2, 0.25) is 0 Å². The van der Waals surface area contributed by atoms with E-state index in [1.165, 1.54) is 13.8 Å². The average Bonchev–Trinajstić information content (AvgIpc) is 2.21. The van der Waals surface area contributed by atoms with Gasteiger partial charge < -0.3 is 4.74 Å². The second-order valence-corrected chi connectivity index (χ2v) is 13.3. The Balaban J connectivity index is 4.82. The molecule has 21 heavy (non-hydrogen) atoms. The third-order valence-corrected chi connectivity index (χ3v) is 5.18. The normalized spacial score (nSPS) is 15.1. The number of halogens is 3. The van der Waals surface area contributed by atoms with Crippen molar-refractivity contribution in [3.63, 3.8) is 0 Å². The van der Waals surface area contributed by atoms with Crippen molar-refractivity contribution in [2.45, 2.75) is 51.1 Å². The predicted octanol–water partition coefficient (Wildman–Crippen LogP) is 2.76. The van der Waals surface area contributed by atoms with E-state index in [9.17, 15) is 26.4 Å². The summed E-state index contributed by atoms with van der Waals surface area (Å²) in [5, 5.41) is 0. The van der Waals surface area contributed by atoms with E-state index in [1.807, 2.05) is 19.6 Å². The van der Waals surface area contributed by atoms with Crippen LogP contribution in [-0.2, 0) is 23.8 Å². The van der Waals surface area contributed by atoms with Crippen molar-refractivity contribution < 1.29 is 35.3 Å². The number of carbonyl (C=O) groups excluding carboxylic acids is 1. The van der Waals surface area contributed by atoms with Gasteiger partial charge in [-0.05, 0) is 12.0 Å². The van der Waals surface area contributed by atoms with Crippen LogP contribution in [0.25, 0.3) is 0 Å². The Morgan fingerprint density at radius 2 is 1.67 bits per heavy atom. The van der Waals surface area contributed by atoms with Gasteiger partial charge in [-0.25, -0.2) is 8.98 Å². The highest BCUT2D eigenvalue weighted by atomic mass is 32.2. The minimum Gasteiger partial charge on any atom is -0.464 e. The molecule has 0 heterocycles. The SMILES string of the molecule is CC(C)[C@@H](OS(=O)(=O)C(F)(F)F)C(=O)OCC[Si](C)(C)C. The van der Waals surface area contributed by atoms with Crippen LogP contribution >= 0.6 is 0 Å². The highest BCUT2D eigenvalue weighted by Crippen LogP contribution is 2.27. The summed E-state index contributed by atoms with van der Waals surface area (Å²) in [4.78, 5) is 11.7. The molecule has 0 spiro atoms. The van der Waals surface area contributed by atoms with Gasteiger partial charge in [-0.3, -0.25) is 0 Å². The molecule has 5 nitrogen and oxygen atoms in total. The second kappa shape index (κ2) is 7.10. The van der Waals surface area contributed by atoms with E-state index in [1.54, 1.807) is 0 Å². The van der Waals surface area contributed by atoms with Crippen LogP contribution < -0.4 is 0 Å². The number of carbonyl (C=O) groups is 1. The zero-order valence-electron chi connectivity index (χ0n) is 12.7. The summed E-state index contributed by atoms with van der Waals surface area (Å²) >= 11 is 0. The molecule has 0 amide bonds. The largest absolute Gasteiger partial charge is 0.523 e.